The van der Waals surface area contributed by atoms with Crippen molar-refractivity contribution in [3.63, 3.8) is 0 Å². The topological polar surface area (TPSA) is 29.5 Å². The number of hydrogen-bond donors (Lipinski definition) is 1. The maximum absolute atomic E-state index is 9.17. The Balaban J connectivity index is 2.67. The normalized spacial score (nSPS) is 10.8. The number of ether oxygens (including phenoxy) is 1. The fourth-order valence-corrected chi connectivity index (χ4v) is 1.10. The first-order valence-electron chi connectivity index (χ1n) is 4.49. The predicted molar refractivity (Wildman–Crippen MR) is 52.8 cm³/mol. The number of rotatable bonds is 3. The molecular weight excluding hydrogens is 164 g/mol. The highest BCUT2D eigenvalue weighted by Gasteiger charge is 2.00. The molecule has 0 saturated heterocycles. The summed E-state index contributed by atoms with van der Waals surface area (Å²) in [6, 6.07) is 5.33. The Morgan fingerprint density at radius 1 is 1.38 bits per heavy atom. The van der Waals surface area contributed by atoms with Crippen molar-refractivity contribution in [1.29, 1.82) is 0 Å². The van der Waals surface area contributed by atoms with Crippen LogP contribution in [-0.2, 0) is 11.3 Å². The van der Waals surface area contributed by atoms with Crippen LogP contribution < -0.4 is 0 Å². The summed E-state index contributed by atoms with van der Waals surface area (Å²) in [6.07, 6.45) is 0.244. The summed E-state index contributed by atoms with van der Waals surface area (Å²) in [5, 5.41) is 9.17. The summed E-state index contributed by atoms with van der Waals surface area (Å²) in [7, 11) is 0. The zero-order valence-corrected chi connectivity index (χ0v) is 8.37. The van der Waals surface area contributed by atoms with Crippen molar-refractivity contribution in [2.75, 3.05) is 0 Å². The molecule has 1 rings (SSSR count). The van der Waals surface area contributed by atoms with E-state index in [9.17, 15) is 5.11 Å². The fraction of sp³-hybridized carbons (Fsp3) is 0.455. The summed E-state index contributed by atoms with van der Waals surface area (Å²) in [6.45, 7) is 6.61. The third-order valence-corrected chi connectivity index (χ3v) is 1.90. The highest BCUT2D eigenvalue weighted by Crippen LogP contribution is 2.16. The number of phenolic OH excluding ortho intramolecular Hbond substituents is 1. The van der Waals surface area contributed by atoms with E-state index >= 15 is 0 Å². The smallest absolute Gasteiger partial charge is 0.115 e. The minimum atomic E-state index is 0.244. The monoisotopic (exact) mass is 180 g/mol. The fourth-order valence-electron chi connectivity index (χ4n) is 1.10. The molecule has 0 spiro atoms. The van der Waals surface area contributed by atoms with Crippen LogP contribution in [0.4, 0.5) is 0 Å². The summed E-state index contributed by atoms with van der Waals surface area (Å²) in [5.41, 5.74) is 2.20. The lowest BCUT2D eigenvalue weighted by Gasteiger charge is -2.09. The number of hydrogen-bond acceptors (Lipinski definition) is 2. The molecule has 0 aliphatic carbocycles. The maximum Gasteiger partial charge on any atom is 0.115 e. The van der Waals surface area contributed by atoms with Crippen LogP contribution in [0.2, 0.25) is 0 Å². The van der Waals surface area contributed by atoms with Gasteiger partial charge in [0.2, 0.25) is 0 Å². The van der Waals surface area contributed by atoms with Gasteiger partial charge in [0, 0.05) is 0 Å². The second kappa shape index (κ2) is 4.28. The highest BCUT2D eigenvalue weighted by atomic mass is 16.5. The van der Waals surface area contributed by atoms with Crippen LogP contribution in [0.1, 0.15) is 25.0 Å². The van der Waals surface area contributed by atoms with Gasteiger partial charge in [0.15, 0.2) is 0 Å². The number of phenols is 1. The van der Waals surface area contributed by atoms with Crippen LogP contribution in [0.3, 0.4) is 0 Å². The molecule has 0 radical (unpaired) electrons. The molecule has 0 unspecified atom stereocenters. The molecule has 0 heterocycles. The molecule has 72 valence electrons. The summed E-state index contributed by atoms with van der Waals surface area (Å²) < 4.78 is 5.47. The zero-order chi connectivity index (χ0) is 9.84. The first-order chi connectivity index (χ1) is 6.09. The van der Waals surface area contributed by atoms with E-state index in [1.807, 2.05) is 26.8 Å². The lowest BCUT2D eigenvalue weighted by Crippen LogP contribution is -2.03. The van der Waals surface area contributed by atoms with Crippen LogP contribution >= 0.6 is 0 Å². The van der Waals surface area contributed by atoms with E-state index in [-0.39, 0.29) is 6.10 Å². The van der Waals surface area contributed by atoms with E-state index in [4.69, 9.17) is 4.74 Å². The van der Waals surface area contributed by atoms with Crippen molar-refractivity contribution >= 4 is 0 Å². The van der Waals surface area contributed by atoms with Crippen LogP contribution in [-0.4, -0.2) is 11.2 Å². The standard InChI is InChI=1S/C11H16O2/c1-8(2)13-7-10-4-5-11(12)6-9(10)3/h4-6,8,12H,7H2,1-3H3. The molecule has 2 heteroatoms. The van der Waals surface area contributed by atoms with Crippen molar-refractivity contribution in [1.82, 2.24) is 0 Å². The third kappa shape index (κ3) is 3.07. The molecular formula is C11H16O2. The molecule has 1 aromatic rings. The predicted octanol–water partition coefficient (Wildman–Crippen LogP) is 2.63. The van der Waals surface area contributed by atoms with Gasteiger partial charge in [-0.15, -0.1) is 0 Å². The highest BCUT2D eigenvalue weighted by molar-refractivity contribution is 5.33. The third-order valence-electron chi connectivity index (χ3n) is 1.90. The molecule has 0 atom stereocenters. The minimum absolute atomic E-state index is 0.244. The maximum atomic E-state index is 9.17. The minimum Gasteiger partial charge on any atom is -0.508 e. The van der Waals surface area contributed by atoms with Gasteiger partial charge in [-0.3, -0.25) is 0 Å². The average molecular weight is 180 g/mol. The van der Waals surface area contributed by atoms with Gasteiger partial charge in [-0.1, -0.05) is 6.07 Å². The van der Waals surface area contributed by atoms with Gasteiger partial charge in [0.05, 0.1) is 12.7 Å². The van der Waals surface area contributed by atoms with Crippen molar-refractivity contribution < 1.29 is 9.84 Å². The van der Waals surface area contributed by atoms with Gasteiger partial charge in [0.1, 0.15) is 5.75 Å². The Hall–Kier alpha value is -1.02. The Bertz CT molecular complexity index is 279. The molecule has 1 aromatic carbocycles. The quantitative estimate of drug-likeness (QED) is 0.774. The van der Waals surface area contributed by atoms with Crippen molar-refractivity contribution in [3.05, 3.63) is 29.3 Å². The summed E-state index contributed by atoms with van der Waals surface area (Å²) >= 11 is 0. The molecule has 0 fully saturated rings. The number of benzene rings is 1. The van der Waals surface area contributed by atoms with E-state index in [0.717, 1.165) is 11.1 Å². The largest absolute Gasteiger partial charge is 0.508 e. The van der Waals surface area contributed by atoms with Crippen LogP contribution in [0.5, 0.6) is 5.75 Å². The van der Waals surface area contributed by atoms with Crippen LogP contribution in [0.25, 0.3) is 0 Å². The number of aryl methyl sites for hydroxylation is 1. The van der Waals surface area contributed by atoms with Crippen molar-refractivity contribution in [3.8, 4) is 5.75 Å². The van der Waals surface area contributed by atoms with E-state index in [0.29, 0.717) is 12.4 Å². The van der Waals surface area contributed by atoms with E-state index < -0.39 is 0 Å². The van der Waals surface area contributed by atoms with Gasteiger partial charge < -0.3 is 9.84 Å². The molecule has 0 aliphatic rings. The lowest BCUT2D eigenvalue weighted by atomic mass is 10.1. The molecule has 0 aromatic heterocycles. The van der Waals surface area contributed by atoms with E-state index in [1.165, 1.54) is 0 Å². The second-order valence-corrected chi connectivity index (χ2v) is 3.47. The van der Waals surface area contributed by atoms with Crippen LogP contribution in [0.15, 0.2) is 18.2 Å². The van der Waals surface area contributed by atoms with Gasteiger partial charge >= 0.3 is 0 Å². The van der Waals surface area contributed by atoms with Gasteiger partial charge in [-0.2, -0.15) is 0 Å². The summed E-state index contributed by atoms with van der Waals surface area (Å²) in [5.74, 6) is 0.311. The van der Waals surface area contributed by atoms with Gasteiger partial charge in [-0.05, 0) is 44.0 Å². The first kappa shape index (κ1) is 10.1. The lowest BCUT2D eigenvalue weighted by molar-refractivity contribution is 0.0654. The number of aromatic hydroxyl groups is 1. The first-order valence-corrected chi connectivity index (χ1v) is 4.49. The molecule has 0 bridgehead atoms. The molecule has 0 amide bonds. The van der Waals surface area contributed by atoms with E-state index in [1.54, 1.807) is 12.1 Å². The SMILES string of the molecule is Cc1cc(O)ccc1COC(C)C. The molecule has 1 N–H and O–H groups in total. The molecule has 0 saturated carbocycles. The molecule has 13 heavy (non-hydrogen) atoms. The van der Waals surface area contributed by atoms with Gasteiger partial charge in [-0.25, -0.2) is 0 Å². The Morgan fingerprint density at radius 3 is 2.62 bits per heavy atom. The Kier molecular flexibility index (Phi) is 3.32. The van der Waals surface area contributed by atoms with Crippen molar-refractivity contribution in [2.45, 2.75) is 33.5 Å². The summed E-state index contributed by atoms with van der Waals surface area (Å²) in [4.78, 5) is 0. The van der Waals surface area contributed by atoms with Gasteiger partial charge in [0.25, 0.3) is 0 Å². The molecule has 0 aliphatic heterocycles. The average Bonchev–Trinajstić information content (AvgIpc) is 2.02. The zero-order valence-electron chi connectivity index (χ0n) is 8.37. The Morgan fingerprint density at radius 2 is 2.08 bits per heavy atom. The second-order valence-electron chi connectivity index (χ2n) is 3.47. The van der Waals surface area contributed by atoms with Crippen LogP contribution in [0, 0.1) is 6.92 Å². The van der Waals surface area contributed by atoms with Crippen molar-refractivity contribution in [2.24, 2.45) is 0 Å². The Labute approximate surface area is 79.2 Å². The van der Waals surface area contributed by atoms with E-state index in [2.05, 4.69) is 0 Å². The molecule has 2 nitrogen and oxygen atoms in total.